The number of benzene rings is 2. The fourth-order valence-electron chi connectivity index (χ4n) is 3.04. The molecule has 0 radical (unpaired) electrons. The predicted octanol–water partition coefficient (Wildman–Crippen LogP) is 4.95. The number of imide groups is 1. The number of hydrogen-bond donors (Lipinski definition) is 2. The molecule has 0 bridgehead atoms. The van der Waals surface area contributed by atoms with Gasteiger partial charge in [0.1, 0.15) is 16.5 Å². The molecule has 2 aromatic carbocycles. The predicted molar refractivity (Wildman–Crippen MR) is 122 cm³/mol. The fraction of sp³-hybridized carbons (Fsp3) is 0.0455. The molecule has 32 heavy (non-hydrogen) atoms. The van der Waals surface area contributed by atoms with Crippen molar-refractivity contribution >= 4 is 63.9 Å². The van der Waals surface area contributed by atoms with Gasteiger partial charge in [0.25, 0.3) is 17.7 Å². The number of hydrogen-bond acceptors (Lipinski definition) is 5. The summed E-state index contributed by atoms with van der Waals surface area (Å²) < 4.78 is 5.19. The van der Waals surface area contributed by atoms with E-state index >= 15 is 0 Å². The second-order valence-electron chi connectivity index (χ2n) is 6.70. The molecular formula is C22H14Cl3N3O4. The molecule has 0 atom stereocenters. The van der Waals surface area contributed by atoms with Gasteiger partial charge in [-0.25, -0.2) is 4.90 Å². The quantitative estimate of drug-likeness (QED) is 0.477. The van der Waals surface area contributed by atoms with Crippen molar-refractivity contribution in [1.29, 1.82) is 0 Å². The van der Waals surface area contributed by atoms with E-state index in [1.54, 1.807) is 30.3 Å². The lowest BCUT2D eigenvalue weighted by Gasteiger charge is -2.16. The number of carbonyl (C=O) groups excluding carboxylic acids is 3. The molecule has 0 saturated carbocycles. The number of anilines is 2. The molecule has 2 heterocycles. The van der Waals surface area contributed by atoms with E-state index in [4.69, 9.17) is 39.2 Å². The summed E-state index contributed by atoms with van der Waals surface area (Å²) >= 11 is 18.1. The molecule has 7 nitrogen and oxygen atoms in total. The summed E-state index contributed by atoms with van der Waals surface area (Å²) in [7, 11) is 0. The van der Waals surface area contributed by atoms with Crippen molar-refractivity contribution in [3.05, 3.63) is 93.0 Å². The number of halogens is 3. The Bertz CT molecular complexity index is 1260. The van der Waals surface area contributed by atoms with Crippen LogP contribution in [0, 0.1) is 0 Å². The summed E-state index contributed by atoms with van der Waals surface area (Å²) in [5, 5.41) is 5.77. The first-order valence-corrected chi connectivity index (χ1v) is 10.4. The van der Waals surface area contributed by atoms with Crippen LogP contribution in [0.15, 0.2) is 76.0 Å². The van der Waals surface area contributed by atoms with Crippen molar-refractivity contribution in [3.8, 4) is 0 Å². The molecule has 0 spiro atoms. The maximum atomic E-state index is 12.9. The standard InChI is InChI=1S/C22H14Cl3N3O4/c23-16-7-6-14(10-17(16)24)28-21(30)18(25)19(22(28)31)27-13-4-1-3-12(9-13)20(29)26-11-15-5-2-8-32-15/h1-10,27H,11H2,(H,26,29). The summed E-state index contributed by atoms with van der Waals surface area (Å²) in [6.07, 6.45) is 1.52. The third-order valence-electron chi connectivity index (χ3n) is 4.59. The molecule has 0 saturated heterocycles. The van der Waals surface area contributed by atoms with Crippen LogP contribution in [-0.4, -0.2) is 17.7 Å². The van der Waals surface area contributed by atoms with Crippen LogP contribution in [0.1, 0.15) is 16.1 Å². The fourth-order valence-corrected chi connectivity index (χ4v) is 3.54. The molecule has 10 heteroatoms. The molecule has 162 valence electrons. The average Bonchev–Trinajstić information content (AvgIpc) is 3.37. The van der Waals surface area contributed by atoms with Gasteiger partial charge < -0.3 is 15.1 Å². The summed E-state index contributed by atoms with van der Waals surface area (Å²) in [5.41, 5.74) is 0.864. The van der Waals surface area contributed by atoms with Gasteiger partial charge in [-0.15, -0.1) is 0 Å². The molecule has 0 aliphatic carbocycles. The molecule has 0 fully saturated rings. The van der Waals surface area contributed by atoms with Crippen LogP contribution in [0.25, 0.3) is 0 Å². The summed E-state index contributed by atoms with van der Waals surface area (Å²) in [4.78, 5) is 38.9. The summed E-state index contributed by atoms with van der Waals surface area (Å²) in [6.45, 7) is 0.228. The van der Waals surface area contributed by atoms with E-state index in [2.05, 4.69) is 10.6 Å². The minimum Gasteiger partial charge on any atom is -0.467 e. The van der Waals surface area contributed by atoms with Gasteiger partial charge in [-0.1, -0.05) is 40.9 Å². The Balaban J connectivity index is 1.51. The minimum atomic E-state index is -0.704. The summed E-state index contributed by atoms with van der Waals surface area (Å²) in [5.74, 6) is -1.09. The zero-order valence-electron chi connectivity index (χ0n) is 16.2. The lowest BCUT2D eigenvalue weighted by atomic mass is 10.2. The molecule has 2 N–H and O–H groups in total. The zero-order valence-corrected chi connectivity index (χ0v) is 18.5. The second kappa shape index (κ2) is 9.08. The molecule has 1 aliphatic heterocycles. The van der Waals surface area contributed by atoms with Gasteiger partial charge in [-0.2, -0.15) is 0 Å². The number of amides is 3. The maximum Gasteiger partial charge on any atom is 0.283 e. The van der Waals surface area contributed by atoms with Crippen molar-refractivity contribution in [1.82, 2.24) is 5.32 Å². The Labute approximate surface area is 197 Å². The van der Waals surface area contributed by atoms with Crippen LogP contribution in [0.4, 0.5) is 11.4 Å². The van der Waals surface area contributed by atoms with Crippen LogP contribution in [0.5, 0.6) is 0 Å². The Hall–Kier alpha value is -3.26. The Kier molecular flexibility index (Phi) is 6.23. The van der Waals surface area contributed by atoms with Crippen LogP contribution in [-0.2, 0) is 16.1 Å². The van der Waals surface area contributed by atoms with Crippen molar-refractivity contribution in [2.45, 2.75) is 6.54 Å². The lowest BCUT2D eigenvalue weighted by molar-refractivity contribution is -0.120. The van der Waals surface area contributed by atoms with Gasteiger partial charge in [0.2, 0.25) is 0 Å². The van der Waals surface area contributed by atoms with E-state index < -0.39 is 11.8 Å². The average molecular weight is 491 g/mol. The molecular weight excluding hydrogens is 477 g/mol. The smallest absolute Gasteiger partial charge is 0.283 e. The van der Waals surface area contributed by atoms with Crippen molar-refractivity contribution < 1.29 is 18.8 Å². The molecule has 1 aliphatic rings. The number of furan rings is 1. The summed E-state index contributed by atoms with van der Waals surface area (Å²) in [6, 6.07) is 14.3. The SMILES string of the molecule is O=C(NCc1ccco1)c1cccc(NC2=C(Cl)C(=O)N(c3ccc(Cl)c(Cl)c3)C2=O)c1. The highest BCUT2D eigenvalue weighted by Gasteiger charge is 2.39. The van der Waals surface area contributed by atoms with Crippen LogP contribution in [0.2, 0.25) is 10.0 Å². The van der Waals surface area contributed by atoms with Crippen molar-refractivity contribution in [2.75, 3.05) is 10.2 Å². The van der Waals surface area contributed by atoms with Crippen LogP contribution < -0.4 is 15.5 Å². The number of nitrogens with one attached hydrogen (secondary N) is 2. The monoisotopic (exact) mass is 489 g/mol. The second-order valence-corrected chi connectivity index (χ2v) is 7.89. The number of nitrogens with zero attached hydrogens (tertiary/aromatic N) is 1. The first-order valence-electron chi connectivity index (χ1n) is 9.26. The first kappa shape index (κ1) is 22.0. The molecule has 4 rings (SSSR count). The lowest BCUT2D eigenvalue weighted by Crippen LogP contribution is -2.32. The molecule has 0 unspecified atom stereocenters. The highest BCUT2D eigenvalue weighted by atomic mass is 35.5. The molecule has 1 aromatic heterocycles. The highest BCUT2D eigenvalue weighted by Crippen LogP contribution is 2.33. The van der Waals surface area contributed by atoms with Crippen molar-refractivity contribution in [3.63, 3.8) is 0 Å². The third kappa shape index (κ3) is 4.36. The largest absolute Gasteiger partial charge is 0.467 e. The van der Waals surface area contributed by atoms with E-state index in [0.29, 0.717) is 17.0 Å². The van der Waals surface area contributed by atoms with Gasteiger partial charge in [0.05, 0.1) is 28.5 Å². The maximum absolute atomic E-state index is 12.9. The first-order chi connectivity index (χ1) is 15.3. The van der Waals surface area contributed by atoms with Crippen molar-refractivity contribution in [2.24, 2.45) is 0 Å². The topological polar surface area (TPSA) is 91.7 Å². The Morgan fingerprint density at radius 2 is 1.75 bits per heavy atom. The van der Waals surface area contributed by atoms with Gasteiger partial charge in [0.15, 0.2) is 0 Å². The van der Waals surface area contributed by atoms with E-state index in [0.717, 1.165) is 4.90 Å². The van der Waals surface area contributed by atoms with Gasteiger partial charge in [-0.3, -0.25) is 14.4 Å². The number of rotatable bonds is 6. The minimum absolute atomic E-state index is 0.115. The normalized spacial score (nSPS) is 13.7. The highest BCUT2D eigenvalue weighted by molar-refractivity contribution is 6.53. The van der Waals surface area contributed by atoms with Crippen LogP contribution in [0.3, 0.4) is 0 Å². The number of carbonyl (C=O) groups is 3. The van der Waals surface area contributed by atoms with Gasteiger partial charge >= 0.3 is 0 Å². The third-order valence-corrected chi connectivity index (χ3v) is 5.68. The molecule has 3 aromatic rings. The van der Waals surface area contributed by atoms with E-state index in [1.165, 1.54) is 30.5 Å². The molecule has 3 amide bonds. The van der Waals surface area contributed by atoms with E-state index in [-0.39, 0.29) is 38.9 Å². The van der Waals surface area contributed by atoms with Gasteiger partial charge in [0, 0.05) is 11.3 Å². The zero-order chi connectivity index (χ0) is 22.8. The van der Waals surface area contributed by atoms with E-state index in [1.807, 2.05) is 0 Å². The van der Waals surface area contributed by atoms with Crippen LogP contribution >= 0.6 is 34.8 Å². The van der Waals surface area contributed by atoms with Gasteiger partial charge in [-0.05, 0) is 48.5 Å². The Morgan fingerprint density at radius 1 is 0.938 bits per heavy atom. The Morgan fingerprint density at radius 3 is 2.47 bits per heavy atom. The van der Waals surface area contributed by atoms with E-state index in [9.17, 15) is 14.4 Å².